The fraction of sp³-hybridized carbons (Fsp3) is 0.588. The average Bonchev–Trinajstić information content (AvgIpc) is 2.54. The topological polar surface area (TPSA) is 61.4 Å². The number of quaternary nitrogens is 1. The molecule has 1 fully saturated rings. The molecule has 0 atom stereocenters. The number of carbonyl (C=O) groups excluding carboxylic acids is 1. The summed E-state index contributed by atoms with van der Waals surface area (Å²) in [4.78, 5) is 12.4. The normalized spacial score (nSPS) is 16.2. The summed E-state index contributed by atoms with van der Waals surface area (Å²) in [5, 5.41) is 2.31. The van der Waals surface area contributed by atoms with E-state index < -0.39 is 5.60 Å². The first-order valence-electron chi connectivity index (χ1n) is 7.75. The molecule has 2 rings (SSSR count). The van der Waals surface area contributed by atoms with Crippen LogP contribution in [0.2, 0.25) is 0 Å². The molecule has 5 heteroatoms. The maximum atomic E-state index is 12.4. The zero-order valence-corrected chi connectivity index (χ0v) is 13.8. The predicted molar refractivity (Wildman–Crippen MR) is 83.4 cm³/mol. The third-order valence-electron chi connectivity index (χ3n) is 4.40. The van der Waals surface area contributed by atoms with Gasteiger partial charge in [-0.05, 0) is 32.0 Å². The van der Waals surface area contributed by atoms with Gasteiger partial charge in [0.2, 0.25) is 0 Å². The summed E-state index contributed by atoms with van der Waals surface area (Å²) >= 11 is 0. The Morgan fingerprint density at radius 2 is 1.77 bits per heavy atom. The van der Waals surface area contributed by atoms with E-state index >= 15 is 0 Å². The first-order chi connectivity index (χ1) is 10.5. The lowest BCUT2D eigenvalue weighted by atomic mass is 9.83. The van der Waals surface area contributed by atoms with E-state index in [4.69, 9.17) is 14.2 Å². The molecule has 0 amide bonds. The lowest BCUT2D eigenvalue weighted by molar-refractivity contribution is -0.665. The van der Waals surface area contributed by atoms with Crippen molar-refractivity contribution < 1.29 is 24.3 Å². The molecule has 1 aromatic rings. The van der Waals surface area contributed by atoms with Crippen molar-refractivity contribution in [2.24, 2.45) is 5.92 Å². The van der Waals surface area contributed by atoms with Gasteiger partial charge < -0.3 is 19.5 Å². The summed E-state index contributed by atoms with van der Waals surface area (Å²) in [6, 6.07) is 5.08. The maximum absolute atomic E-state index is 12.4. The van der Waals surface area contributed by atoms with Crippen LogP contribution in [0.3, 0.4) is 0 Å². The lowest BCUT2D eigenvalue weighted by Crippen LogP contribution is -2.86. The van der Waals surface area contributed by atoms with Crippen molar-refractivity contribution in [1.82, 2.24) is 0 Å². The molecule has 0 bridgehead atoms. The van der Waals surface area contributed by atoms with Gasteiger partial charge in [0, 0.05) is 18.8 Å². The number of ether oxygens (including phenoxy) is 3. The number of piperidine rings is 1. The van der Waals surface area contributed by atoms with E-state index in [0.717, 1.165) is 25.9 Å². The zero-order chi connectivity index (χ0) is 16.2. The van der Waals surface area contributed by atoms with Gasteiger partial charge in [-0.25, -0.2) is 4.79 Å². The fourth-order valence-electron chi connectivity index (χ4n) is 2.97. The molecule has 0 radical (unpaired) electrons. The van der Waals surface area contributed by atoms with E-state index in [0.29, 0.717) is 23.0 Å². The molecule has 2 N–H and O–H groups in total. The molecule has 1 aromatic carbocycles. The van der Waals surface area contributed by atoms with E-state index in [-0.39, 0.29) is 5.97 Å². The number of esters is 1. The maximum Gasteiger partial charge on any atom is 0.338 e. The summed E-state index contributed by atoms with van der Waals surface area (Å²) in [6.45, 7) is 6.20. The SMILES string of the molecule is COc1ccc(C(=O)OC(C)(C)C2CC[NH2+]CC2)cc1OC. The number of hydrogen-bond donors (Lipinski definition) is 1. The van der Waals surface area contributed by atoms with Crippen LogP contribution in [0.4, 0.5) is 0 Å². The largest absolute Gasteiger partial charge is 0.493 e. The lowest BCUT2D eigenvalue weighted by Gasteiger charge is -2.35. The minimum Gasteiger partial charge on any atom is -0.493 e. The molecule has 22 heavy (non-hydrogen) atoms. The Labute approximate surface area is 131 Å². The second-order valence-corrected chi connectivity index (χ2v) is 6.20. The molecule has 0 spiro atoms. The second-order valence-electron chi connectivity index (χ2n) is 6.20. The molecule has 0 aromatic heterocycles. The molecule has 1 aliphatic heterocycles. The average molecular weight is 308 g/mol. The third-order valence-corrected chi connectivity index (χ3v) is 4.40. The second kappa shape index (κ2) is 7.01. The number of carbonyl (C=O) groups is 1. The highest BCUT2D eigenvalue weighted by Gasteiger charge is 2.35. The van der Waals surface area contributed by atoms with Crippen molar-refractivity contribution in [2.45, 2.75) is 32.3 Å². The van der Waals surface area contributed by atoms with Gasteiger partial charge in [0.15, 0.2) is 11.5 Å². The Morgan fingerprint density at radius 1 is 1.14 bits per heavy atom. The number of methoxy groups -OCH3 is 2. The van der Waals surface area contributed by atoms with Gasteiger partial charge in [0.25, 0.3) is 0 Å². The fourth-order valence-corrected chi connectivity index (χ4v) is 2.97. The number of benzene rings is 1. The number of rotatable bonds is 5. The Balaban J connectivity index is 2.10. The molecule has 1 heterocycles. The molecule has 1 saturated heterocycles. The monoisotopic (exact) mass is 308 g/mol. The van der Waals surface area contributed by atoms with Crippen molar-refractivity contribution in [2.75, 3.05) is 27.3 Å². The van der Waals surface area contributed by atoms with Gasteiger partial charge >= 0.3 is 5.97 Å². The van der Waals surface area contributed by atoms with Gasteiger partial charge in [-0.1, -0.05) is 0 Å². The van der Waals surface area contributed by atoms with E-state index in [1.54, 1.807) is 32.4 Å². The zero-order valence-electron chi connectivity index (χ0n) is 13.8. The number of hydrogen-bond acceptors (Lipinski definition) is 4. The molecule has 1 aliphatic rings. The van der Waals surface area contributed by atoms with Crippen molar-refractivity contribution in [3.8, 4) is 11.5 Å². The minimum absolute atomic E-state index is 0.319. The van der Waals surface area contributed by atoms with Crippen LogP contribution in [0.5, 0.6) is 11.5 Å². The van der Waals surface area contributed by atoms with Crippen LogP contribution in [0, 0.1) is 5.92 Å². The summed E-state index contributed by atoms with van der Waals surface area (Å²) in [7, 11) is 3.12. The van der Waals surface area contributed by atoms with Gasteiger partial charge in [-0.3, -0.25) is 0 Å². The number of nitrogens with two attached hydrogens (primary N) is 1. The van der Waals surface area contributed by atoms with Crippen molar-refractivity contribution >= 4 is 5.97 Å². The van der Waals surface area contributed by atoms with Crippen molar-refractivity contribution in [3.05, 3.63) is 23.8 Å². The molecule has 0 saturated carbocycles. The van der Waals surface area contributed by atoms with Crippen molar-refractivity contribution in [3.63, 3.8) is 0 Å². The Hall–Kier alpha value is -1.75. The van der Waals surface area contributed by atoms with E-state index in [1.807, 2.05) is 13.8 Å². The highest BCUT2D eigenvalue weighted by Crippen LogP contribution is 2.31. The van der Waals surface area contributed by atoms with E-state index in [1.165, 1.54) is 0 Å². The minimum atomic E-state index is -0.460. The summed E-state index contributed by atoms with van der Waals surface area (Å²) in [6.07, 6.45) is 2.15. The molecule has 122 valence electrons. The highest BCUT2D eigenvalue weighted by molar-refractivity contribution is 5.90. The van der Waals surface area contributed by atoms with Gasteiger partial charge in [-0.2, -0.15) is 0 Å². The smallest absolute Gasteiger partial charge is 0.338 e. The van der Waals surface area contributed by atoms with Crippen LogP contribution in [0.1, 0.15) is 37.0 Å². The van der Waals surface area contributed by atoms with Gasteiger partial charge in [0.1, 0.15) is 5.60 Å². The first kappa shape index (κ1) is 16.6. The quantitative estimate of drug-likeness (QED) is 0.840. The van der Waals surface area contributed by atoms with Crippen LogP contribution in [0.25, 0.3) is 0 Å². The standard InChI is InChI=1S/C17H25NO4/c1-17(2,13-7-9-18-10-8-13)22-16(19)12-5-6-14(20-3)15(11-12)21-4/h5-6,11,13,18H,7-10H2,1-4H3/p+1. The summed E-state index contributed by atoms with van der Waals surface area (Å²) < 4.78 is 16.2. The summed E-state index contributed by atoms with van der Waals surface area (Å²) in [5.41, 5.74) is 0.0199. The predicted octanol–water partition coefficient (Wildman–Crippen LogP) is 1.61. The Morgan fingerprint density at radius 3 is 2.36 bits per heavy atom. The van der Waals surface area contributed by atoms with Gasteiger partial charge in [0.05, 0.1) is 32.9 Å². The van der Waals surface area contributed by atoms with E-state index in [9.17, 15) is 4.79 Å². The molecule has 0 unspecified atom stereocenters. The first-order valence-corrected chi connectivity index (χ1v) is 7.75. The van der Waals surface area contributed by atoms with Crippen LogP contribution in [-0.4, -0.2) is 38.9 Å². The molecule has 0 aliphatic carbocycles. The van der Waals surface area contributed by atoms with Gasteiger partial charge in [-0.15, -0.1) is 0 Å². The molecule has 5 nitrogen and oxygen atoms in total. The Kier molecular flexibility index (Phi) is 5.29. The molecular weight excluding hydrogens is 282 g/mol. The Bertz CT molecular complexity index is 521. The molecular formula is C17H26NO4+. The van der Waals surface area contributed by atoms with Crippen LogP contribution < -0.4 is 14.8 Å². The van der Waals surface area contributed by atoms with Crippen LogP contribution >= 0.6 is 0 Å². The third kappa shape index (κ3) is 3.71. The van der Waals surface area contributed by atoms with Crippen molar-refractivity contribution in [1.29, 1.82) is 0 Å². The van der Waals surface area contributed by atoms with Crippen LogP contribution in [0.15, 0.2) is 18.2 Å². The van der Waals surface area contributed by atoms with Crippen LogP contribution in [-0.2, 0) is 4.74 Å². The highest BCUT2D eigenvalue weighted by atomic mass is 16.6. The van der Waals surface area contributed by atoms with E-state index in [2.05, 4.69) is 5.32 Å². The summed E-state index contributed by atoms with van der Waals surface area (Å²) in [5.74, 6) is 1.21.